The molecule has 11 heavy (non-hydrogen) atoms. The van der Waals surface area contributed by atoms with Gasteiger partial charge in [-0.2, -0.15) is 0 Å². The number of hydrogen-bond acceptors (Lipinski definition) is 3. The summed E-state index contributed by atoms with van der Waals surface area (Å²) in [4.78, 5) is 10.3. The van der Waals surface area contributed by atoms with E-state index in [9.17, 15) is 9.00 Å². The van der Waals surface area contributed by atoms with E-state index in [0.29, 0.717) is 0 Å². The quantitative estimate of drug-likeness (QED) is 0.630. The highest BCUT2D eigenvalue weighted by Crippen LogP contribution is 2.08. The average molecular weight is 173 g/mol. The summed E-state index contributed by atoms with van der Waals surface area (Å²) < 4.78 is 14.6. The molecule has 0 aromatic rings. The summed E-state index contributed by atoms with van der Waals surface area (Å²) in [5.41, 5.74) is 0.0609. The van der Waals surface area contributed by atoms with Crippen molar-refractivity contribution in [2.24, 2.45) is 4.36 Å². The van der Waals surface area contributed by atoms with Gasteiger partial charge < -0.3 is 5.11 Å². The van der Waals surface area contributed by atoms with Crippen LogP contribution in [0.25, 0.3) is 0 Å². The summed E-state index contributed by atoms with van der Waals surface area (Å²) in [7, 11) is -2.29. The molecule has 1 unspecified atom stereocenters. The van der Waals surface area contributed by atoms with Gasteiger partial charge in [0.25, 0.3) is 0 Å². The van der Waals surface area contributed by atoms with Gasteiger partial charge >= 0.3 is 5.97 Å². The van der Waals surface area contributed by atoms with Crippen molar-refractivity contribution in [3.8, 4) is 0 Å². The SMILES string of the molecule is CS1(=O)=NC=C(C(=O)O)C=C1. The molecule has 0 bridgehead atoms. The van der Waals surface area contributed by atoms with Crippen molar-refractivity contribution in [1.29, 1.82) is 0 Å². The number of carboxylic acids is 1. The third kappa shape index (κ3) is 1.91. The second-order valence-electron chi connectivity index (χ2n) is 2.16. The number of rotatable bonds is 1. The van der Waals surface area contributed by atoms with Gasteiger partial charge in [-0.1, -0.05) is 0 Å². The smallest absolute Gasteiger partial charge is 0.337 e. The third-order valence-electron chi connectivity index (χ3n) is 1.15. The number of aliphatic carboxylic acids is 1. The van der Waals surface area contributed by atoms with Crippen molar-refractivity contribution >= 4 is 15.7 Å². The highest BCUT2D eigenvalue weighted by molar-refractivity contribution is 7.95. The van der Waals surface area contributed by atoms with E-state index in [1.54, 1.807) is 0 Å². The Kier molecular flexibility index (Phi) is 1.82. The first-order valence-corrected chi connectivity index (χ1v) is 4.83. The number of hydrogen-bond donors (Lipinski definition) is 1. The molecular formula is C6H7NO3S. The minimum Gasteiger partial charge on any atom is -0.478 e. The first-order valence-electron chi connectivity index (χ1n) is 2.84. The highest BCUT2D eigenvalue weighted by Gasteiger charge is 2.07. The second kappa shape index (κ2) is 2.50. The fourth-order valence-corrected chi connectivity index (χ4v) is 1.36. The second-order valence-corrected chi connectivity index (χ2v) is 4.36. The van der Waals surface area contributed by atoms with Crippen LogP contribution in [0, 0.1) is 0 Å². The lowest BCUT2D eigenvalue weighted by molar-refractivity contribution is -0.132. The van der Waals surface area contributed by atoms with E-state index in [-0.39, 0.29) is 5.57 Å². The van der Waals surface area contributed by atoms with Gasteiger partial charge in [-0.25, -0.2) is 13.4 Å². The number of nitrogens with zero attached hydrogens (tertiary/aromatic N) is 1. The van der Waals surface area contributed by atoms with E-state index in [1.165, 1.54) is 17.7 Å². The Balaban J connectivity index is 3.10. The fourth-order valence-electron chi connectivity index (χ4n) is 0.566. The number of carboxylic acid groups (broad SMARTS) is 1. The topological polar surface area (TPSA) is 66.7 Å². The predicted molar refractivity (Wildman–Crippen MR) is 41.4 cm³/mol. The maximum absolute atomic E-state index is 11.1. The van der Waals surface area contributed by atoms with Crippen LogP contribution in [0.1, 0.15) is 0 Å². The Morgan fingerprint density at radius 1 is 1.73 bits per heavy atom. The monoisotopic (exact) mass is 173 g/mol. The molecule has 1 rings (SSSR count). The molecule has 0 amide bonds. The third-order valence-corrected chi connectivity index (χ3v) is 2.31. The van der Waals surface area contributed by atoms with Gasteiger partial charge in [0.2, 0.25) is 0 Å². The average Bonchev–Trinajstić information content (AvgIpc) is 1.86. The van der Waals surface area contributed by atoms with Crippen molar-refractivity contribution in [3.05, 3.63) is 23.3 Å². The molecule has 5 heteroatoms. The van der Waals surface area contributed by atoms with Gasteiger partial charge in [0.1, 0.15) is 0 Å². The molecule has 4 nitrogen and oxygen atoms in total. The van der Waals surface area contributed by atoms with Gasteiger partial charge in [0.15, 0.2) is 0 Å². The Morgan fingerprint density at radius 3 is 2.73 bits per heavy atom. The summed E-state index contributed by atoms with van der Waals surface area (Å²) in [6.07, 6.45) is 3.86. The molecule has 1 aliphatic heterocycles. The van der Waals surface area contributed by atoms with Crippen molar-refractivity contribution in [3.63, 3.8) is 0 Å². The van der Waals surface area contributed by atoms with Gasteiger partial charge in [-0.3, -0.25) is 0 Å². The van der Waals surface area contributed by atoms with E-state index >= 15 is 0 Å². The van der Waals surface area contributed by atoms with Gasteiger partial charge in [0, 0.05) is 11.7 Å². The molecule has 60 valence electrons. The molecule has 0 aromatic carbocycles. The highest BCUT2D eigenvalue weighted by atomic mass is 32.2. The predicted octanol–water partition coefficient (Wildman–Crippen LogP) is 0.580. The lowest BCUT2D eigenvalue weighted by Crippen LogP contribution is -2.02. The zero-order valence-corrected chi connectivity index (χ0v) is 6.67. The van der Waals surface area contributed by atoms with Gasteiger partial charge in [0.05, 0.1) is 21.5 Å². The molecular weight excluding hydrogens is 166 g/mol. The lowest BCUT2D eigenvalue weighted by Gasteiger charge is -2.00. The standard InChI is InChI=1S/C6H7NO3S/c1-11(10)3-2-5(4-7-11)6(8)9/h2-4H,1H3,(H,8,9). The molecule has 0 saturated heterocycles. The Labute approximate surface area is 64.4 Å². The molecule has 0 saturated carbocycles. The molecule has 0 aliphatic carbocycles. The van der Waals surface area contributed by atoms with Crippen molar-refractivity contribution in [2.45, 2.75) is 0 Å². The minimum absolute atomic E-state index is 0.0609. The molecule has 0 fully saturated rings. The summed E-state index contributed by atoms with van der Waals surface area (Å²) in [6.45, 7) is 0. The van der Waals surface area contributed by atoms with Crippen LogP contribution in [0.15, 0.2) is 27.6 Å². The Hall–Kier alpha value is -1.10. The molecule has 0 spiro atoms. The maximum atomic E-state index is 11.1. The summed E-state index contributed by atoms with van der Waals surface area (Å²) in [5, 5.41) is 9.74. The van der Waals surface area contributed by atoms with Gasteiger partial charge in [-0.15, -0.1) is 0 Å². The summed E-state index contributed by atoms with van der Waals surface area (Å²) in [6, 6.07) is 0. The normalized spacial score (nSPS) is 29.0. The van der Waals surface area contributed by atoms with Crippen LogP contribution in [-0.2, 0) is 14.5 Å². The molecule has 0 radical (unpaired) electrons. The largest absolute Gasteiger partial charge is 0.478 e. The number of carbonyl (C=O) groups is 1. The molecule has 1 heterocycles. The van der Waals surface area contributed by atoms with E-state index in [0.717, 1.165) is 6.20 Å². The summed E-state index contributed by atoms with van der Waals surface area (Å²) in [5.74, 6) is -1.06. The van der Waals surface area contributed by atoms with Crippen molar-refractivity contribution in [1.82, 2.24) is 0 Å². The molecule has 1 N–H and O–H groups in total. The first-order chi connectivity index (χ1) is 5.01. The van der Waals surface area contributed by atoms with Crippen LogP contribution in [0.3, 0.4) is 0 Å². The van der Waals surface area contributed by atoms with E-state index < -0.39 is 15.7 Å². The van der Waals surface area contributed by atoms with E-state index in [2.05, 4.69) is 4.36 Å². The Morgan fingerprint density at radius 2 is 2.36 bits per heavy atom. The molecule has 0 aromatic heterocycles. The molecule has 1 atom stereocenters. The van der Waals surface area contributed by atoms with Crippen LogP contribution < -0.4 is 0 Å². The minimum atomic E-state index is -2.29. The fraction of sp³-hybridized carbons (Fsp3) is 0.167. The first kappa shape index (κ1) is 8.00. The van der Waals surface area contributed by atoms with E-state index in [1.807, 2.05) is 0 Å². The van der Waals surface area contributed by atoms with Crippen LogP contribution in [0.5, 0.6) is 0 Å². The summed E-state index contributed by atoms with van der Waals surface area (Å²) >= 11 is 0. The van der Waals surface area contributed by atoms with Crippen LogP contribution in [0.4, 0.5) is 0 Å². The van der Waals surface area contributed by atoms with Crippen molar-refractivity contribution in [2.75, 3.05) is 6.26 Å². The Bertz CT molecular complexity index is 358. The lowest BCUT2D eigenvalue weighted by atomic mass is 10.3. The van der Waals surface area contributed by atoms with Crippen LogP contribution in [0.2, 0.25) is 0 Å². The zero-order chi connectivity index (χ0) is 8.48. The maximum Gasteiger partial charge on any atom is 0.337 e. The van der Waals surface area contributed by atoms with E-state index in [4.69, 9.17) is 5.11 Å². The molecule has 1 aliphatic rings. The van der Waals surface area contributed by atoms with Crippen LogP contribution >= 0.6 is 0 Å². The van der Waals surface area contributed by atoms with Crippen LogP contribution in [-0.4, -0.2) is 21.5 Å². The van der Waals surface area contributed by atoms with Gasteiger partial charge in [-0.05, 0) is 6.08 Å². The van der Waals surface area contributed by atoms with Crippen molar-refractivity contribution < 1.29 is 14.1 Å². The zero-order valence-electron chi connectivity index (χ0n) is 5.85.